The normalized spacial score (nSPS) is 11.7. The molecule has 4 nitrogen and oxygen atoms in total. The molecule has 0 unspecified atom stereocenters. The van der Waals surface area contributed by atoms with Crippen LogP contribution in [0.1, 0.15) is 11.3 Å². The lowest BCUT2D eigenvalue weighted by Crippen LogP contribution is -2.03. The zero-order valence-electron chi connectivity index (χ0n) is 13.8. The van der Waals surface area contributed by atoms with E-state index in [1.165, 1.54) is 0 Å². The Kier molecular flexibility index (Phi) is 4.20. The highest BCUT2D eigenvalue weighted by Crippen LogP contribution is 2.37. The maximum atomic E-state index is 14.6. The van der Waals surface area contributed by atoms with Gasteiger partial charge >= 0.3 is 0 Å². The SMILES string of the molecule is Cc1ccc(-c2noc(C)c2-c2cc(F)c(S(C)(=O)=O)cc2F)cc1. The molecule has 1 heterocycles. The largest absolute Gasteiger partial charge is 0.360 e. The van der Waals surface area contributed by atoms with Crippen molar-refractivity contribution in [2.75, 3.05) is 6.26 Å². The summed E-state index contributed by atoms with van der Waals surface area (Å²) in [5.74, 6) is -1.57. The summed E-state index contributed by atoms with van der Waals surface area (Å²) in [5.41, 5.74) is 2.28. The molecule has 2 aromatic carbocycles. The monoisotopic (exact) mass is 363 g/mol. The number of hydrogen-bond acceptors (Lipinski definition) is 4. The van der Waals surface area contributed by atoms with Crippen LogP contribution in [0.4, 0.5) is 8.78 Å². The highest BCUT2D eigenvalue weighted by Gasteiger charge is 2.24. The molecule has 7 heteroatoms. The van der Waals surface area contributed by atoms with Crippen molar-refractivity contribution in [2.24, 2.45) is 0 Å². The summed E-state index contributed by atoms with van der Waals surface area (Å²) in [6.45, 7) is 3.51. The van der Waals surface area contributed by atoms with Crippen LogP contribution in [0.5, 0.6) is 0 Å². The first kappa shape index (κ1) is 17.3. The molecule has 0 bridgehead atoms. The van der Waals surface area contributed by atoms with Crippen LogP contribution in [0.3, 0.4) is 0 Å². The second kappa shape index (κ2) is 6.07. The van der Waals surface area contributed by atoms with Crippen LogP contribution >= 0.6 is 0 Å². The van der Waals surface area contributed by atoms with Crippen LogP contribution < -0.4 is 0 Å². The molecule has 0 aliphatic carbocycles. The van der Waals surface area contributed by atoms with Crippen molar-refractivity contribution in [1.82, 2.24) is 5.16 Å². The maximum absolute atomic E-state index is 14.6. The van der Waals surface area contributed by atoms with Crippen LogP contribution in [0.2, 0.25) is 0 Å². The van der Waals surface area contributed by atoms with E-state index in [2.05, 4.69) is 5.16 Å². The number of halogens is 2. The summed E-state index contributed by atoms with van der Waals surface area (Å²) < 4.78 is 57.1. The van der Waals surface area contributed by atoms with E-state index < -0.39 is 26.4 Å². The van der Waals surface area contributed by atoms with E-state index in [4.69, 9.17) is 4.52 Å². The molecule has 0 aliphatic rings. The van der Waals surface area contributed by atoms with E-state index in [1.54, 1.807) is 19.1 Å². The van der Waals surface area contributed by atoms with Gasteiger partial charge in [-0.05, 0) is 26.0 Å². The summed E-state index contributed by atoms with van der Waals surface area (Å²) in [7, 11) is -3.87. The fraction of sp³-hybridized carbons (Fsp3) is 0.167. The standard InChI is InChI=1S/C18H15F2NO3S/c1-10-4-6-12(7-5-10)18-17(11(2)24-21-18)13-8-15(20)16(9-14(13)19)25(3,22)23/h4-9H,1-3H3. The topological polar surface area (TPSA) is 60.2 Å². The summed E-state index contributed by atoms with van der Waals surface area (Å²) in [6.07, 6.45) is 0.826. The lowest BCUT2D eigenvalue weighted by Gasteiger charge is -2.08. The van der Waals surface area contributed by atoms with Crippen LogP contribution in [-0.4, -0.2) is 19.8 Å². The number of aryl methyl sites for hydroxylation is 2. The third kappa shape index (κ3) is 3.19. The third-order valence-electron chi connectivity index (χ3n) is 3.88. The predicted molar refractivity (Wildman–Crippen MR) is 89.9 cm³/mol. The van der Waals surface area contributed by atoms with Gasteiger partial charge in [-0.1, -0.05) is 35.0 Å². The van der Waals surface area contributed by atoms with Crippen molar-refractivity contribution in [3.63, 3.8) is 0 Å². The number of rotatable bonds is 3. The Hall–Kier alpha value is -2.54. The number of hydrogen-bond donors (Lipinski definition) is 0. The molecule has 0 atom stereocenters. The van der Waals surface area contributed by atoms with Crippen molar-refractivity contribution in [3.05, 3.63) is 59.4 Å². The first-order chi connectivity index (χ1) is 11.7. The number of aromatic nitrogens is 1. The minimum atomic E-state index is -3.87. The zero-order chi connectivity index (χ0) is 18.4. The molecule has 3 rings (SSSR count). The quantitative estimate of drug-likeness (QED) is 0.696. The molecule has 0 spiro atoms. The first-order valence-corrected chi connectivity index (χ1v) is 9.30. The van der Waals surface area contributed by atoms with E-state index in [9.17, 15) is 17.2 Å². The Morgan fingerprint density at radius 2 is 1.64 bits per heavy atom. The highest BCUT2D eigenvalue weighted by atomic mass is 32.2. The average molecular weight is 363 g/mol. The van der Waals surface area contributed by atoms with E-state index >= 15 is 0 Å². The van der Waals surface area contributed by atoms with Gasteiger partial charge in [-0.3, -0.25) is 0 Å². The Labute approximate surface area is 144 Å². The minimum Gasteiger partial charge on any atom is -0.360 e. The Balaban J connectivity index is 2.23. The predicted octanol–water partition coefficient (Wildman–Crippen LogP) is 4.31. The Morgan fingerprint density at radius 3 is 2.24 bits per heavy atom. The molecular weight excluding hydrogens is 348 g/mol. The molecule has 0 fully saturated rings. The molecule has 0 saturated carbocycles. The summed E-state index contributed by atoms with van der Waals surface area (Å²) in [6, 6.07) is 8.89. The summed E-state index contributed by atoms with van der Waals surface area (Å²) in [5, 5.41) is 3.95. The lowest BCUT2D eigenvalue weighted by molar-refractivity contribution is 0.400. The van der Waals surface area contributed by atoms with Gasteiger partial charge in [-0.15, -0.1) is 0 Å². The summed E-state index contributed by atoms with van der Waals surface area (Å²) in [4.78, 5) is -0.681. The fourth-order valence-corrected chi connectivity index (χ4v) is 3.33. The Bertz CT molecular complexity index is 1050. The third-order valence-corrected chi connectivity index (χ3v) is 4.99. The van der Waals surface area contributed by atoms with Gasteiger partial charge in [0, 0.05) is 17.4 Å². The molecule has 25 heavy (non-hydrogen) atoms. The van der Waals surface area contributed by atoms with Gasteiger partial charge in [0.05, 0.1) is 5.56 Å². The molecule has 3 aromatic rings. The molecule has 0 radical (unpaired) electrons. The lowest BCUT2D eigenvalue weighted by atomic mass is 9.98. The van der Waals surface area contributed by atoms with Gasteiger partial charge in [0.1, 0.15) is 28.0 Å². The van der Waals surface area contributed by atoms with Crippen LogP contribution in [0, 0.1) is 25.5 Å². The molecule has 0 saturated heterocycles. The van der Waals surface area contributed by atoms with E-state index in [0.717, 1.165) is 17.9 Å². The minimum absolute atomic E-state index is 0.0979. The van der Waals surface area contributed by atoms with Crippen molar-refractivity contribution < 1.29 is 21.7 Å². The van der Waals surface area contributed by atoms with Crippen molar-refractivity contribution in [3.8, 4) is 22.4 Å². The zero-order valence-corrected chi connectivity index (χ0v) is 14.6. The number of sulfone groups is 1. The maximum Gasteiger partial charge on any atom is 0.178 e. The number of nitrogens with zero attached hydrogens (tertiary/aromatic N) is 1. The molecular formula is C18H15F2NO3S. The Morgan fingerprint density at radius 1 is 1.00 bits per heavy atom. The number of benzene rings is 2. The van der Waals surface area contributed by atoms with Gasteiger partial charge < -0.3 is 4.52 Å². The smallest absolute Gasteiger partial charge is 0.178 e. The van der Waals surface area contributed by atoms with Gasteiger partial charge in [0.15, 0.2) is 9.84 Å². The van der Waals surface area contributed by atoms with Crippen molar-refractivity contribution in [1.29, 1.82) is 0 Å². The van der Waals surface area contributed by atoms with Crippen LogP contribution in [0.25, 0.3) is 22.4 Å². The molecule has 0 aliphatic heterocycles. The molecule has 130 valence electrons. The van der Waals surface area contributed by atoms with Crippen molar-refractivity contribution >= 4 is 9.84 Å². The molecule has 0 N–H and O–H groups in total. The van der Waals surface area contributed by atoms with Gasteiger partial charge in [0.25, 0.3) is 0 Å². The van der Waals surface area contributed by atoms with E-state index in [1.807, 2.05) is 19.1 Å². The van der Waals surface area contributed by atoms with Crippen LogP contribution in [0.15, 0.2) is 45.8 Å². The molecule has 0 amide bonds. The fourth-order valence-electron chi connectivity index (χ4n) is 2.60. The van der Waals surface area contributed by atoms with Gasteiger partial charge in [-0.2, -0.15) is 0 Å². The van der Waals surface area contributed by atoms with E-state index in [0.29, 0.717) is 28.6 Å². The average Bonchev–Trinajstić information content (AvgIpc) is 2.90. The second-order valence-corrected chi connectivity index (χ2v) is 7.85. The first-order valence-electron chi connectivity index (χ1n) is 7.41. The summed E-state index contributed by atoms with van der Waals surface area (Å²) >= 11 is 0. The van der Waals surface area contributed by atoms with Crippen molar-refractivity contribution in [2.45, 2.75) is 18.7 Å². The van der Waals surface area contributed by atoms with Gasteiger partial charge in [-0.25, -0.2) is 17.2 Å². The van der Waals surface area contributed by atoms with E-state index in [-0.39, 0.29) is 5.56 Å². The second-order valence-electron chi connectivity index (χ2n) is 5.86. The highest BCUT2D eigenvalue weighted by molar-refractivity contribution is 7.90. The van der Waals surface area contributed by atoms with Crippen LogP contribution in [-0.2, 0) is 9.84 Å². The molecule has 1 aromatic heterocycles. The van der Waals surface area contributed by atoms with Gasteiger partial charge in [0.2, 0.25) is 0 Å².